The van der Waals surface area contributed by atoms with E-state index in [1.54, 1.807) is 7.11 Å². The van der Waals surface area contributed by atoms with Gasteiger partial charge in [0.05, 0.1) is 20.0 Å². The quantitative estimate of drug-likeness (QED) is 0.770. The number of ether oxygens (including phenoxy) is 1. The molecule has 0 spiro atoms. The molecule has 2 aromatic carbocycles. The molecule has 0 radical (unpaired) electrons. The minimum atomic E-state index is 0.774. The van der Waals surface area contributed by atoms with Gasteiger partial charge in [-0.25, -0.2) is 4.99 Å². The molecule has 0 saturated carbocycles. The molecule has 0 atom stereocenters. The lowest BCUT2D eigenvalue weighted by Crippen LogP contribution is -2.38. The van der Waals surface area contributed by atoms with E-state index in [4.69, 9.17) is 9.73 Å². The molecule has 2 aliphatic heterocycles. The first-order chi connectivity index (χ1) is 13.8. The van der Waals surface area contributed by atoms with Gasteiger partial charge in [0.15, 0.2) is 0 Å². The summed E-state index contributed by atoms with van der Waals surface area (Å²) in [4.78, 5) is 9.42. The lowest BCUT2D eigenvalue weighted by Gasteiger charge is -2.33. The van der Waals surface area contributed by atoms with Crippen molar-refractivity contribution < 1.29 is 4.74 Å². The molecule has 0 amide bonds. The average Bonchev–Trinajstić information content (AvgIpc) is 2.74. The van der Waals surface area contributed by atoms with Crippen molar-refractivity contribution in [1.82, 2.24) is 9.80 Å². The van der Waals surface area contributed by atoms with Crippen LogP contribution in [-0.4, -0.2) is 49.4 Å². The number of hydrogen-bond acceptors (Lipinski definition) is 4. The number of benzene rings is 2. The Kier molecular flexibility index (Phi) is 5.75. The molecule has 4 nitrogen and oxygen atoms in total. The van der Waals surface area contributed by atoms with E-state index in [-0.39, 0.29) is 0 Å². The second kappa shape index (κ2) is 8.77. The van der Waals surface area contributed by atoms with E-state index in [1.165, 1.54) is 16.8 Å². The molecule has 28 heavy (non-hydrogen) atoms. The molecule has 2 aromatic rings. The highest BCUT2D eigenvalue weighted by Gasteiger charge is 2.22. The molecule has 0 fully saturated rings. The predicted octanol–water partition coefficient (Wildman–Crippen LogP) is 3.55. The largest absolute Gasteiger partial charge is 0.497 e. The summed E-state index contributed by atoms with van der Waals surface area (Å²) < 4.78 is 5.26. The van der Waals surface area contributed by atoms with Gasteiger partial charge >= 0.3 is 0 Å². The van der Waals surface area contributed by atoms with Crippen molar-refractivity contribution in [2.45, 2.75) is 13.0 Å². The summed E-state index contributed by atoms with van der Waals surface area (Å²) in [5.41, 5.74) is 5.00. The summed E-state index contributed by atoms with van der Waals surface area (Å²) in [5, 5.41) is 0. The predicted molar refractivity (Wildman–Crippen MR) is 113 cm³/mol. The number of methoxy groups -OCH3 is 1. The van der Waals surface area contributed by atoms with Crippen LogP contribution in [0.1, 0.15) is 17.5 Å². The molecule has 4 heteroatoms. The van der Waals surface area contributed by atoms with Crippen LogP contribution in [0.5, 0.6) is 5.75 Å². The fourth-order valence-corrected chi connectivity index (χ4v) is 3.62. The molecule has 0 unspecified atom stereocenters. The van der Waals surface area contributed by atoms with Crippen molar-refractivity contribution >= 4 is 6.34 Å². The SMILES string of the molecule is COc1cccc(C#CCN2CCC3=C(CN(Cc4ccccc4)C=N3)C2)c1. The second-order valence-electron chi connectivity index (χ2n) is 7.18. The molecule has 0 bridgehead atoms. The number of hydrogen-bond donors (Lipinski definition) is 0. The van der Waals surface area contributed by atoms with Crippen molar-refractivity contribution in [3.63, 3.8) is 0 Å². The first kappa shape index (κ1) is 18.3. The number of aliphatic imine (C=N–C) groups is 1. The second-order valence-corrected chi connectivity index (χ2v) is 7.18. The third-order valence-electron chi connectivity index (χ3n) is 5.09. The van der Waals surface area contributed by atoms with Crippen molar-refractivity contribution in [2.75, 3.05) is 33.3 Å². The highest BCUT2D eigenvalue weighted by Crippen LogP contribution is 2.23. The minimum absolute atomic E-state index is 0.774. The van der Waals surface area contributed by atoms with Gasteiger partial charge < -0.3 is 9.64 Å². The highest BCUT2D eigenvalue weighted by atomic mass is 16.5. The normalized spacial score (nSPS) is 16.4. The molecule has 142 valence electrons. The smallest absolute Gasteiger partial charge is 0.120 e. The average molecular weight is 371 g/mol. The van der Waals surface area contributed by atoms with Gasteiger partial charge in [-0.1, -0.05) is 48.2 Å². The van der Waals surface area contributed by atoms with Crippen LogP contribution < -0.4 is 4.74 Å². The van der Waals surface area contributed by atoms with Crippen LogP contribution in [0.15, 0.2) is 70.9 Å². The van der Waals surface area contributed by atoms with E-state index in [1.807, 2.05) is 30.6 Å². The summed E-state index contributed by atoms with van der Waals surface area (Å²) in [7, 11) is 1.68. The van der Waals surface area contributed by atoms with E-state index in [0.717, 1.165) is 50.5 Å². The monoisotopic (exact) mass is 371 g/mol. The maximum atomic E-state index is 5.26. The zero-order chi connectivity index (χ0) is 19.2. The van der Waals surface area contributed by atoms with Crippen molar-refractivity contribution in [3.8, 4) is 17.6 Å². The molecule has 0 aromatic heterocycles. The maximum Gasteiger partial charge on any atom is 0.120 e. The molecular formula is C24H25N3O. The Labute approximate surface area is 167 Å². The third kappa shape index (κ3) is 4.62. The molecule has 2 aliphatic rings. The van der Waals surface area contributed by atoms with Crippen LogP contribution >= 0.6 is 0 Å². The Hall–Kier alpha value is -3.03. The number of nitrogens with zero attached hydrogens (tertiary/aromatic N) is 3. The Balaban J connectivity index is 1.34. The highest BCUT2D eigenvalue weighted by molar-refractivity contribution is 5.60. The zero-order valence-corrected chi connectivity index (χ0v) is 16.3. The lowest BCUT2D eigenvalue weighted by atomic mass is 10.0. The Bertz CT molecular complexity index is 937. The third-order valence-corrected chi connectivity index (χ3v) is 5.09. The van der Waals surface area contributed by atoms with E-state index < -0.39 is 0 Å². The van der Waals surface area contributed by atoms with Gasteiger partial charge in [-0.05, 0) is 29.3 Å². The van der Waals surface area contributed by atoms with E-state index >= 15 is 0 Å². The van der Waals surface area contributed by atoms with Crippen molar-refractivity contribution in [3.05, 3.63) is 77.0 Å². The summed E-state index contributed by atoms with van der Waals surface area (Å²) in [6, 6.07) is 18.5. The van der Waals surface area contributed by atoms with E-state index in [9.17, 15) is 0 Å². The van der Waals surface area contributed by atoms with Gasteiger partial charge in [-0.2, -0.15) is 0 Å². The van der Waals surface area contributed by atoms with Crippen LogP contribution in [-0.2, 0) is 6.54 Å². The fourth-order valence-electron chi connectivity index (χ4n) is 3.62. The fraction of sp³-hybridized carbons (Fsp3) is 0.292. The Morgan fingerprint density at radius 1 is 1.07 bits per heavy atom. The lowest BCUT2D eigenvalue weighted by molar-refractivity contribution is 0.300. The van der Waals surface area contributed by atoms with Gasteiger partial charge in [0, 0.05) is 43.9 Å². The first-order valence-electron chi connectivity index (χ1n) is 9.68. The standard InChI is InChI=1S/C24H25N3O/c1-28-23-11-5-9-20(15-23)10-6-13-26-14-12-24-22(17-26)18-27(19-25-24)16-21-7-3-2-4-8-21/h2-5,7-9,11,15,19H,12-14,16-18H2,1H3. The summed E-state index contributed by atoms with van der Waals surface area (Å²) in [6.45, 7) is 4.59. The van der Waals surface area contributed by atoms with Crippen LogP contribution in [0.4, 0.5) is 0 Å². The van der Waals surface area contributed by atoms with Crippen LogP contribution in [0.2, 0.25) is 0 Å². The molecule has 0 N–H and O–H groups in total. The zero-order valence-electron chi connectivity index (χ0n) is 16.3. The molecule has 0 aliphatic carbocycles. The summed E-state index contributed by atoms with van der Waals surface area (Å²) in [5.74, 6) is 7.41. The molecular weight excluding hydrogens is 346 g/mol. The summed E-state index contributed by atoms with van der Waals surface area (Å²) >= 11 is 0. The maximum absolute atomic E-state index is 5.26. The van der Waals surface area contributed by atoms with Crippen LogP contribution in [0, 0.1) is 11.8 Å². The van der Waals surface area contributed by atoms with Gasteiger partial charge in [0.1, 0.15) is 5.75 Å². The molecule has 2 heterocycles. The molecule has 4 rings (SSSR count). The van der Waals surface area contributed by atoms with E-state index in [0.29, 0.717) is 0 Å². The van der Waals surface area contributed by atoms with Crippen molar-refractivity contribution in [1.29, 1.82) is 0 Å². The Morgan fingerprint density at radius 2 is 1.96 bits per heavy atom. The van der Waals surface area contributed by atoms with Crippen molar-refractivity contribution in [2.24, 2.45) is 4.99 Å². The van der Waals surface area contributed by atoms with Gasteiger partial charge in [0.2, 0.25) is 0 Å². The Morgan fingerprint density at radius 3 is 2.82 bits per heavy atom. The van der Waals surface area contributed by atoms with Crippen LogP contribution in [0.25, 0.3) is 0 Å². The van der Waals surface area contributed by atoms with Gasteiger partial charge in [-0.3, -0.25) is 4.90 Å². The first-order valence-corrected chi connectivity index (χ1v) is 9.68. The van der Waals surface area contributed by atoms with Crippen LogP contribution in [0.3, 0.4) is 0 Å². The van der Waals surface area contributed by atoms with E-state index in [2.05, 4.69) is 52.0 Å². The summed E-state index contributed by atoms with van der Waals surface area (Å²) in [6.07, 6.45) is 3.01. The number of rotatable bonds is 4. The van der Waals surface area contributed by atoms with Gasteiger partial charge in [0.25, 0.3) is 0 Å². The minimum Gasteiger partial charge on any atom is -0.497 e. The molecule has 0 saturated heterocycles. The van der Waals surface area contributed by atoms with Gasteiger partial charge in [-0.15, -0.1) is 0 Å². The topological polar surface area (TPSA) is 28.1 Å².